The van der Waals surface area contributed by atoms with Gasteiger partial charge in [-0.3, -0.25) is 9.59 Å². The van der Waals surface area contributed by atoms with E-state index in [4.69, 9.17) is 19.9 Å². The maximum Gasteiger partial charge on any atom is 0.254 e. The molecule has 14 nitrogen and oxygen atoms in total. The molecule has 386 valence electrons. The number of fused-ring (bicyclic) bond motifs is 3. The molecule has 1 amide bonds. The molecular weight excluding hydrogens is 903 g/mol. The van der Waals surface area contributed by atoms with Crippen molar-refractivity contribution in [3.05, 3.63) is 126 Å². The molecule has 4 aromatic carbocycles. The van der Waals surface area contributed by atoms with Crippen molar-refractivity contribution in [2.45, 2.75) is 89.0 Å². The van der Waals surface area contributed by atoms with Crippen LogP contribution in [-0.4, -0.2) is 147 Å². The molecule has 7 aromatic rings. The molecule has 0 aliphatic carbocycles. The Kier molecular flexibility index (Phi) is 20.1. The number of hydrogen-bond acceptors (Lipinski definition) is 10. The van der Waals surface area contributed by atoms with Gasteiger partial charge in [-0.25, -0.2) is 0 Å². The fourth-order valence-corrected chi connectivity index (χ4v) is 10.5. The Labute approximate surface area is 426 Å². The van der Waals surface area contributed by atoms with E-state index < -0.39 is 0 Å². The van der Waals surface area contributed by atoms with E-state index in [1.807, 2.05) is 47.4 Å². The molecule has 14 heteroatoms. The van der Waals surface area contributed by atoms with E-state index in [0.717, 1.165) is 78.5 Å². The third-order valence-electron chi connectivity index (χ3n) is 14.6. The number of hydrogen-bond donors (Lipinski definition) is 5. The molecule has 0 saturated carbocycles. The number of ether oxygens (including phenoxy) is 3. The lowest BCUT2D eigenvalue weighted by Crippen LogP contribution is -2.35. The summed E-state index contributed by atoms with van der Waals surface area (Å²) in [4.78, 5) is 43.2. The second kappa shape index (κ2) is 27.0. The van der Waals surface area contributed by atoms with E-state index in [0.29, 0.717) is 47.6 Å². The summed E-state index contributed by atoms with van der Waals surface area (Å²) in [7, 11) is 11.3. The number of nitrogens with zero attached hydrogens (tertiary/aromatic N) is 4. The van der Waals surface area contributed by atoms with Crippen molar-refractivity contribution in [1.82, 2.24) is 39.9 Å². The number of aromatic amines is 3. The zero-order valence-corrected chi connectivity index (χ0v) is 43.6. The lowest BCUT2D eigenvalue weighted by molar-refractivity contribution is 0.0726. The minimum atomic E-state index is -0.0615. The monoisotopic (exact) mass is 982 g/mol. The molecule has 3 aromatic heterocycles. The number of aromatic nitrogens is 3. The minimum Gasteiger partial charge on any atom is -0.493 e. The number of aldehydes is 1. The molecule has 3 aliphatic heterocycles. The zero-order valence-electron chi connectivity index (χ0n) is 43.6. The second-order valence-electron chi connectivity index (χ2n) is 19.5. The van der Waals surface area contributed by atoms with E-state index in [1.165, 1.54) is 81.1 Å². The van der Waals surface area contributed by atoms with Gasteiger partial charge in [-0.2, -0.15) is 0 Å². The van der Waals surface area contributed by atoms with Gasteiger partial charge in [-0.05, 0) is 171 Å². The number of amides is 1. The minimum absolute atomic E-state index is 0.0615. The molecule has 0 spiro atoms. The largest absolute Gasteiger partial charge is 0.493 e. The maximum atomic E-state index is 13.7. The summed E-state index contributed by atoms with van der Waals surface area (Å²) < 4.78 is 16.4. The summed E-state index contributed by atoms with van der Waals surface area (Å²) in [6.45, 7) is 7.70. The average Bonchev–Trinajstić information content (AvgIpc) is 4.29. The Morgan fingerprint density at radius 2 is 1.14 bits per heavy atom. The van der Waals surface area contributed by atoms with Gasteiger partial charge < -0.3 is 59.8 Å². The summed E-state index contributed by atoms with van der Waals surface area (Å²) in [6, 6.07) is 36.1. The number of para-hydroxylation sites is 3. The predicted molar refractivity (Wildman–Crippen MR) is 293 cm³/mol. The number of methoxy groups -OCH3 is 3. The Balaban J connectivity index is 0.000000162. The highest BCUT2D eigenvalue weighted by Crippen LogP contribution is 2.39. The van der Waals surface area contributed by atoms with Crippen LogP contribution in [0.2, 0.25) is 0 Å². The van der Waals surface area contributed by atoms with Gasteiger partial charge in [0.25, 0.3) is 5.91 Å². The fraction of sp³-hybridized carbons (Fsp3) is 0.448. The standard InChI is InChI=1S/C26H33N3O4.C16H23N3.C9H7NO.C7H16N2/c1-28-12-7-9-21(28)11-13-29(17-20-14-18-8-5-6-10-22(18)27-20)26(30)19-15-23(31-2)25(33-4)24(16-19)32-3;1-19-10-4-6-15(19)8-9-17-12-14-11-13-5-2-3-7-16(13)18-14;11-6-8-5-7-3-1-2-4-9(7)10-8;1-9-6-2-3-7(9)4-5-8/h5-6,8,10,14-16,21,27H,7,9,11-13,17H2,1-4H3;2-3,5,7,11,15,17-18H,4,6,8-10,12H2,1H3;1-6,10H;7H,2-6,8H2,1H3. The van der Waals surface area contributed by atoms with Crippen molar-refractivity contribution in [3.63, 3.8) is 0 Å². The van der Waals surface area contributed by atoms with E-state index in [2.05, 4.69) is 105 Å². The molecule has 3 fully saturated rings. The Bertz CT molecular complexity index is 2640. The van der Waals surface area contributed by atoms with Crippen LogP contribution in [0.15, 0.2) is 103 Å². The Morgan fingerprint density at radius 3 is 1.61 bits per heavy atom. The topological polar surface area (TPSA) is 160 Å². The number of nitrogens with one attached hydrogen (secondary N) is 4. The van der Waals surface area contributed by atoms with Crippen LogP contribution in [0.4, 0.5) is 0 Å². The number of benzene rings is 4. The highest BCUT2D eigenvalue weighted by atomic mass is 16.5. The number of H-pyrrole nitrogens is 3. The zero-order chi connectivity index (χ0) is 50.8. The first-order valence-corrected chi connectivity index (χ1v) is 25.9. The summed E-state index contributed by atoms with van der Waals surface area (Å²) >= 11 is 0. The fourth-order valence-electron chi connectivity index (χ4n) is 10.5. The first-order valence-electron chi connectivity index (χ1n) is 25.9. The van der Waals surface area contributed by atoms with Gasteiger partial charge in [-0.1, -0.05) is 54.6 Å². The van der Waals surface area contributed by atoms with Gasteiger partial charge in [0.15, 0.2) is 17.8 Å². The van der Waals surface area contributed by atoms with E-state index in [1.54, 1.807) is 33.5 Å². The summed E-state index contributed by atoms with van der Waals surface area (Å²) in [5.41, 5.74) is 12.2. The third kappa shape index (κ3) is 14.5. The highest BCUT2D eigenvalue weighted by Gasteiger charge is 2.26. The van der Waals surface area contributed by atoms with Crippen LogP contribution in [-0.2, 0) is 13.1 Å². The maximum absolute atomic E-state index is 13.7. The van der Waals surface area contributed by atoms with Crippen LogP contribution >= 0.6 is 0 Å². The first kappa shape index (κ1) is 53.6. The van der Waals surface area contributed by atoms with Gasteiger partial charge in [0.1, 0.15) is 0 Å². The van der Waals surface area contributed by atoms with E-state index >= 15 is 0 Å². The molecule has 72 heavy (non-hydrogen) atoms. The van der Waals surface area contributed by atoms with Crippen LogP contribution in [0.3, 0.4) is 0 Å². The second-order valence-corrected chi connectivity index (χ2v) is 19.5. The highest BCUT2D eigenvalue weighted by molar-refractivity contribution is 5.96. The molecule has 3 unspecified atom stereocenters. The number of likely N-dealkylation sites (tertiary alicyclic amines) is 3. The van der Waals surface area contributed by atoms with Crippen molar-refractivity contribution < 1.29 is 23.8 Å². The third-order valence-corrected chi connectivity index (χ3v) is 14.6. The predicted octanol–water partition coefficient (Wildman–Crippen LogP) is 9.47. The van der Waals surface area contributed by atoms with Crippen LogP contribution in [0.1, 0.15) is 90.0 Å². The number of carbonyl (C=O) groups excluding carboxylic acids is 2. The molecule has 6 heterocycles. The summed E-state index contributed by atoms with van der Waals surface area (Å²) in [5.74, 6) is 1.36. The molecule has 10 rings (SSSR count). The SMILES string of the molecule is CN1CCCC1CCN.CN1CCCC1CCNCc1cc2ccccc2[nH]1.COc1cc(C(=O)N(CCC2CCCN2C)Cc2cc3ccccc3[nH]2)cc(OC)c1OC.O=Cc1cc2ccccc2[nH]1. The molecule has 3 aliphatic rings. The van der Waals surface area contributed by atoms with E-state index in [9.17, 15) is 9.59 Å². The molecule has 0 bridgehead atoms. The lowest BCUT2D eigenvalue weighted by Gasteiger charge is -2.27. The van der Waals surface area contributed by atoms with E-state index in [-0.39, 0.29) is 5.91 Å². The summed E-state index contributed by atoms with van der Waals surface area (Å²) in [6.07, 6.45) is 12.0. The van der Waals surface area contributed by atoms with Gasteiger partial charge in [0.05, 0.1) is 33.6 Å². The average molecular weight is 982 g/mol. The number of rotatable bonds is 17. The Morgan fingerprint density at radius 1 is 0.653 bits per heavy atom. The normalized spacial score (nSPS) is 18.0. The van der Waals surface area contributed by atoms with Gasteiger partial charge in [0.2, 0.25) is 5.75 Å². The van der Waals surface area contributed by atoms with Gasteiger partial charge in [-0.15, -0.1) is 0 Å². The molecule has 6 N–H and O–H groups in total. The van der Waals surface area contributed by atoms with Crippen LogP contribution in [0.25, 0.3) is 32.7 Å². The van der Waals surface area contributed by atoms with Crippen molar-refractivity contribution in [2.24, 2.45) is 5.73 Å². The van der Waals surface area contributed by atoms with Crippen LogP contribution in [0, 0.1) is 0 Å². The van der Waals surface area contributed by atoms with Crippen LogP contribution in [0.5, 0.6) is 17.2 Å². The Hall–Kier alpha value is -6.16. The van der Waals surface area contributed by atoms with Crippen LogP contribution < -0.4 is 25.3 Å². The van der Waals surface area contributed by atoms with Gasteiger partial charge >= 0.3 is 0 Å². The lowest BCUT2D eigenvalue weighted by atomic mass is 10.1. The molecule has 3 saturated heterocycles. The first-order chi connectivity index (χ1) is 35.1. The van der Waals surface area contributed by atoms with Crippen molar-refractivity contribution >= 4 is 44.9 Å². The van der Waals surface area contributed by atoms with Gasteiger partial charge in [0, 0.05) is 70.1 Å². The number of carbonyl (C=O) groups is 2. The molecular formula is C58H79N9O5. The van der Waals surface area contributed by atoms with Crippen molar-refractivity contribution in [1.29, 1.82) is 0 Å². The number of nitrogens with two attached hydrogens (primary N) is 1. The smallest absolute Gasteiger partial charge is 0.254 e. The van der Waals surface area contributed by atoms with Crippen molar-refractivity contribution in [2.75, 3.05) is 81.7 Å². The molecule has 0 radical (unpaired) electrons. The molecule has 3 atom stereocenters. The summed E-state index contributed by atoms with van der Waals surface area (Å²) in [5, 5.41) is 7.07. The van der Waals surface area contributed by atoms with Crippen molar-refractivity contribution in [3.8, 4) is 17.2 Å². The quantitative estimate of drug-likeness (QED) is 0.0440.